The summed E-state index contributed by atoms with van der Waals surface area (Å²) in [4.78, 5) is 0. The lowest BCUT2D eigenvalue weighted by Crippen LogP contribution is -2.38. The van der Waals surface area contributed by atoms with Gasteiger partial charge in [-0.15, -0.1) is 0 Å². The fourth-order valence-electron chi connectivity index (χ4n) is 5.56. The molecule has 4 rings (SSSR count). The van der Waals surface area contributed by atoms with E-state index in [1.54, 1.807) is 0 Å². The van der Waals surface area contributed by atoms with Gasteiger partial charge in [0.25, 0.3) is 0 Å². The van der Waals surface area contributed by atoms with Crippen LogP contribution in [0.5, 0.6) is 5.75 Å². The summed E-state index contributed by atoms with van der Waals surface area (Å²) in [6, 6.07) is 8.20. The lowest BCUT2D eigenvalue weighted by molar-refractivity contribution is -0.0514. The van der Waals surface area contributed by atoms with Gasteiger partial charge in [0.2, 0.25) is 0 Å². The van der Waals surface area contributed by atoms with E-state index in [0.29, 0.717) is 5.92 Å². The molecule has 0 heterocycles. The van der Waals surface area contributed by atoms with Crippen LogP contribution in [0.15, 0.2) is 24.3 Å². The third-order valence-electron chi connectivity index (χ3n) is 6.20. The molecule has 2 nitrogen and oxygen atoms in total. The summed E-state index contributed by atoms with van der Waals surface area (Å²) in [6.45, 7) is 4.09. The van der Waals surface area contributed by atoms with Crippen LogP contribution >= 0.6 is 0 Å². The molecule has 3 fully saturated rings. The molecule has 1 aromatic carbocycles. The molecule has 3 aliphatic carbocycles. The van der Waals surface area contributed by atoms with E-state index < -0.39 is 5.60 Å². The molecule has 5 unspecified atom stereocenters. The number of rotatable bonds is 3. The fraction of sp³-hybridized carbons (Fsp3) is 0.684. The Morgan fingerprint density at radius 1 is 1.24 bits per heavy atom. The fourth-order valence-corrected chi connectivity index (χ4v) is 5.56. The lowest BCUT2D eigenvalue weighted by atomic mass is 9.70. The monoisotopic (exact) mass is 286 g/mol. The molecule has 5 atom stereocenters. The third kappa shape index (κ3) is 2.03. The molecule has 0 aliphatic heterocycles. The van der Waals surface area contributed by atoms with Crippen LogP contribution in [-0.4, -0.2) is 11.2 Å². The Balaban J connectivity index is 1.64. The van der Waals surface area contributed by atoms with Crippen LogP contribution in [0.4, 0.5) is 0 Å². The lowest BCUT2D eigenvalue weighted by Gasteiger charge is -2.39. The summed E-state index contributed by atoms with van der Waals surface area (Å²) in [5.41, 5.74) is 0.477. The first-order valence-electron chi connectivity index (χ1n) is 8.57. The minimum absolute atomic E-state index is 0.175. The van der Waals surface area contributed by atoms with E-state index in [1.807, 2.05) is 26.0 Å². The first-order valence-corrected chi connectivity index (χ1v) is 8.57. The Morgan fingerprint density at radius 3 is 2.86 bits per heavy atom. The van der Waals surface area contributed by atoms with Crippen LogP contribution < -0.4 is 4.74 Å². The molecule has 0 radical (unpaired) electrons. The molecule has 0 saturated heterocycles. The zero-order valence-corrected chi connectivity index (χ0v) is 13.1. The van der Waals surface area contributed by atoms with Crippen LogP contribution in [0.3, 0.4) is 0 Å². The molecular formula is C19H26O2. The van der Waals surface area contributed by atoms with Crippen LogP contribution in [0.2, 0.25) is 0 Å². The van der Waals surface area contributed by atoms with Crippen molar-refractivity contribution in [2.24, 2.45) is 23.7 Å². The molecule has 1 N–H and O–H groups in total. The number of hydrogen-bond donors (Lipinski definition) is 1. The number of ether oxygens (including phenoxy) is 1. The van der Waals surface area contributed by atoms with Crippen molar-refractivity contribution < 1.29 is 9.84 Å². The molecule has 0 amide bonds. The Hall–Kier alpha value is -1.02. The van der Waals surface area contributed by atoms with Gasteiger partial charge in [0.1, 0.15) is 5.75 Å². The van der Waals surface area contributed by atoms with Gasteiger partial charge >= 0.3 is 0 Å². The highest BCUT2D eigenvalue weighted by Crippen LogP contribution is 2.65. The van der Waals surface area contributed by atoms with Crippen molar-refractivity contribution >= 4 is 0 Å². The van der Waals surface area contributed by atoms with Gasteiger partial charge in [0, 0.05) is 0 Å². The van der Waals surface area contributed by atoms with E-state index in [4.69, 9.17) is 4.74 Å². The zero-order valence-electron chi connectivity index (χ0n) is 13.1. The summed E-state index contributed by atoms with van der Waals surface area (Å²) in [7, 11) is 0. The van der Waals surface area contributed by atoms with Gasteiger partial charge < -0.3 is 9.84 Å². The summed E-state index contributed by atoms with van der Waals surface area (Å²) in [5, 5.41) is 11.4. The SMILES string of the molecule is CC(C)Oc1cccc(C2(O)CC3CC2C2CCCC32)c1. The zero-order chi connectivity index (χ0) is 14.6. The third-order valence-corrected chi connectivity index (χ3v) is 6.20. The highest BCUT2D eigenvalue weighted by atomic mass is 16.5. The van der Waals surface area contributed by atoms with Crippen molar-refractivity contribution in [2.75, 3.05) is 0 Å². The molecule has 1 aromatic rings. The maximum Gasteiger partial charge on any atom is 0.120 e. The molecule has 2 bridgehead atoms. The first-order chi connectivity index (χ1) is 10.1. The summed E-state index contributed by atoms with van der Waals surface area (Å²) in [5.74, 6) is 3.79. The maximum absolute atomic E-state index is 11.4. The minimum Gasteiger partial charge on any atom is -0.491 e. The predicted octanol–water partition coefficient (Wildman–Crippen LogP) is 4.12. The van der Waals surface area contributed by atoms with Crippen LogP contribution in [-0.2, 0) is 5.60 Å². The predicted molar refractivity (Wildman–Crippen MR) is 83.1 cm³/mol. The molecule has 3 saturated carbocycles. The van der Waals surface area contributed by atoms with Crippen LogP contribution in [0.25, 0.3) is 0 Å². The molecule has 114 valence electrons. The minimum atomic E-state index is -0.605. The normalized spacial score (nSPS) is 40.8. The van der Waals surface area contributed by atoms with Crippen molar-refractivity contribution in [1.29, 1.82) is 0 Å². The van der Waals surface area contributed by atoms with E-state index in [1.165, 1.54) is 25.7 Å². The number of fused-ring (bicyclic) bond motifs is 5. The number of benzene rings is 1. The molecule has 0 aromatic heterocycles. The van der Waals surface area contributed by atoms with Crippen molar-refractivity contribution in [1.82, 2.24) is 0 Å². The van der Waals surface area contributed by atoms with Gasteiger partial charge in [-0.05, 0) is 80.9 Å². The van der Waals surface area contributed by atoms with Gasteiger partial charge in [0.15, 0.2) is 0 Å². The van der Waals surface area contributed by atoms with Gasteiger partial charge in [-0.1, -0.05) is 18.6 Å². The van der Waals surface area contributed by atoms with Crippen LogP contribution in [0, 0.1) is 23.7 Å². The molecule has 0 spiro atoms. The Labute approximate surface area is 127 Å². The highest BCUT2D eigenvalue weighted by molar-refractivity contribution is 5.35. The van der Waals surface area contributed by atoms with E-state index in [-0.39, 0.29) is 6.10 Å². The Morgan fingerprint density at radius 2 is 2.05 bits per heavy atom. The van der Waals surface area contributed by atoms with E-state index in [2.05, 4.69) is 12.1 Å². The molecule has 21 heavy (non-hydrogen) atoms. The average molecular weight is 286 g/mol. The topological polar surface area (TPSA) is 29.5 Å². The number of hydrogen-bond acceptors (Lipinski definition) is 2. The largest absolute Gasteiger partial charge is 0.491 e. The summed E-state index contributed by atoms with van der Waals surface area (Å²) < 4.78 is 5.82. The van der Waals surface area contributed by atoms with E-state index >= 15 is 0 Å². The second kappa shape index (κ2) is 4.74. The maximum atomic E-state index is 11.4. The Bertz CT molecular complexity index is 538. The summed E-state index contributed by atoms with van der Waals surface area (Å²) in [6.07, 6.45) is 6.48. The average Bonchev–Trinajstić information content (AvgIpc) is 3.09. The molecule has 2 heteroatoms. The second-order valence-electron chi connectivity index (χ2n) is 7.68. The van der Waals surface area contributed by atoms with Gasteiger partial charge in [0.05, 0.1) is 11.7 Å². The van der Waals surface area contributed by atoms with Crippen molar-refractivity contribution in [3.05, 3.63) is 29.8 Å². The van der Waals surface area contributed by atoms with Gasteiger partial charge in [-0.2, -0.15) is 0 Å². The van der Waals surface area contributed by atoms with E-state index in [9.17, 15) is 5.11 Å². The molecule has 3 aliphatic rings. The standard InChI is InChI=1S/C19H26O2/c1-12(2)21-15-6-3-5-14(10-15)19(20)11-13-9-18(19)17-8-4-7-16(13)17/h3,5-6,10,12-13,16-18,20H,4,7-9,11H2,1-2H3. The summed E-state index contributed by atoms with van der Waals surface area (Å²) >= 11 is 0. The van der Waals surface area contributed by atoms with Crippen molar-refractivity contribution in [3.63, 3.8) is 0 Å². The first kappa shape index (κ1) is 13.6. The van der Waals surface area contributed by atoms with Gasteiger partial charge in [-0.25, -0.2) is 0 Å². The number of aliphatic hydroxyl groups is 1. The van der Waals surface area contributed by atoms with Crippen molar-refractivity contribution in [2.45, 2.75) is 57.7 Å². The van der Waals surface area contributed by atoms with Gasteiger partial charge in [-0.3, -0.25) is 0 Å². The Kier molecular flexibility index (Phi) is 3.08. The molecular weight excluding hydrogens is 260 g/mol. The van der Waals surface area contributed by atoms with Crippen molar-refractivity contribution in [3.8, 4) is 5.75 Å². The highest BCUT2D eigenvalue weighted by Gasteiger charge is 2.60. The smallest absolute Gasteiger partial charge is 0.120 e. The second-order valence-corrected chi connectivity index (χ2v) is 7.68. The quantitative estimate of drug-likeness (QED) is 0.905. The van der Waals surface area contributed by atoms with E-state index in [0.717, 1.165) is 35.5 Å². The van der Waals surface area contributed by atoms with Crippen LogP contribution in [0.1, 0.15) is 51.5 Å².